The second kappa shape index (κ2) is 6.99. The normalized spacial score (nSPS) is 12.0. The van der Waals surface area contributed by atoms with Crippen molar-refractivity contribution < 1.29 is 0 Å². The van der Waals surface area contributed by atoms with Gasteiger partial charge in [0.2, 0.25) is 5.43 Å². The molecule has 0 bridgehead atoms. The van der Waals surface area contributed by atoms with Gasteiger partial charge in [-0.25, -0.2) is 4.98 Å². The summed E-state index contributed by atoms with van der Waals surface area (Å²) >= 11 is 7.82. The van der Waals surface area contributed by atoms with Crippen molar-refractivity contribution in [3.63, 3.8) is 0 Å². The molecular weight excluding hydrogens is 366 g/mol. The van der Waals surface area contributed by atoms with Gasteiger partial charge in [-0.2, -0.15) is 0 Å². The van der Waals surface area contributed by atoms with E-state index in [0.29, 0.717) is 10.4 Å². The SMILES string of the molecule is CCN(CC)CCn1c2ccc(Cl)cc2c2sc3ncccc3c(=O)c21. The molecule has 0 radical (unpaired) electrons. The number of pyridine rings is 1. The fraction of sp³-hybridized carbons (Fsp3) is 0.300. The predicted molar refractivity (Wildman–Crippen MR) is 112 cm³/mol. The van der Waals surface area contributed by atoms with Gasteiger partial charge in [0, 0.05) is 29.7 Å². The highest BCUT2D eigenvalue weighted by Gasteiger charge is 2.17. The summed E-state index contributed by atoms with van der Waals surface area (Å²) in [6.07, 6.45) is 1.73. The van der Waals surface area contributed by atoms with Gasteiger partial charge in [-0.1, -0.05) is 25.4 Å². The molecule has 0 saturated heterocycles. The van der Waals surface area contributed by atoms with Gasteiger partial charge >= 0.3 is 0 Å². The minimum atomic E-state index is 0.0497. The average Bonchev–Trinajstić information content (AvgIpc) is 2.96. The molecule has 0 unspecified atom stereocenters. The Balaban J connectivity index is 2.04. The maximum atomic E-state index is 13.2. The lowest BCUT2D eigenvalue weighted by Crippen LogP contribution is -2.27. The van der Waals surface area contributed by atoms with Crippen molar-refractivity contribution in [1.82, 2.24) is 14.5 Å². The van der Waals surface area contributed by atoms with Crippen molar-refractivity contribution in [2.24, 2.45) is 0 Å². The number of halogens is 1. The van der Waals surface area contributed by atoms with Crippen LogP contribution in [-0.2, 0) is 6.54 Å². The second-order valence-corrected chi connectivity index (χ2v) is 7.74. The van der Waals surface area contributed by atoms with Crippen LogP contribution >= 0.6 is 22.9 Å². The number of hydrogen-bond donors (Lipinski definition) is 0. The maximum absolute atomic E-state index is 13.2. The minimum Gasteiger partial charge on any atom is -0.335 e. The molecule has 0 fully saturated rings. The lowest BCUT2D eigenvalue weighted by Gasteiger charge is -2.19. The molecule has 26 heavy (non-hydrogen) atoms. The zero-order valence-corrected chi connectivity index (χ0v) is 16.4. The molecule has 0 N–H and O–H groups in total. The summed E-state index contributed by atoms with van der Waals surface area (Å²) in [5.74, 6) is 0. The number of likely N-dealkylation sites (N-methyl/N-ethyl adjacent to an activating group) is 1. The Morgan fingerprint density at radius 3 is 2.77 bits per heavy atom. The van der Waals surface area contributed by atoms with E-state index in [9.17, 15) is 4.79 Å². The third kappa shape index (κ3) is 2.80. The van der Waals surface area contributed by atoms with Crippen LogP contribution < -0.4 is 5.43 Å². The number of hydrogen-bond acceptors (Lipinski definition) is 4. The lowest BCUT2D eigenvalue weighted by molar-refractivity contribution is 0.293. The highest BCUT2D eigenvalue weighted by atomic mass is 35.5. The van der Waals surface area contributed by atoms with Crippen LogP contribution in [0.4, 0.5) is 0 Å². The third-order valence-electron chi connectivity index (χ3n) is 4.94. The van der Waals surface area contributed by atoms with E-state index in [4.69, 9.17) is 11.6 Å². The summed E-state index contributed by atoms with van der Waals surface area (Å²) in [6, 6.07) is 9.55. The molecule has 0 aliphatic rings. The number of nitrogens with zero attached hydrogens (tertiary/aromatic N) is 3. The topological polar surface area (TPSA) is 38.1 Å². The van der Waals surface area contributed by atoms with Crippen molar-refractivity contribution in [2.75, 3.05) is 19.6 Å². The van der Waals surface area contributed by atoms with E-state index in [1.54, 1.807) is 17.5 Å². The molecule has 0 aliphatic heterocycles. The fourth-order valence-electron chi connectivity index (χ4n) is 3.51. The molecule has 4 aromatic rings. The average molecular weight is 386 g/mol. The number of benzene rings is 1. The van der Waals surface area contributed by atoms with Crippen molar-refractivity contribution in [3.8, 4) is 0 Å². The van der Waals surface area contributed by atoms with Crippen LogP contribution in [0.1, 0.15) is 13.8 Å². The van der Waals surface area contributed by atoms with Crippen LogP contribution in [0.25, 0.3) is 31.3 Å². The number of rotatable bonds is 5. The second-order valence-electron chi connectivity index (χ2n) is 6.31. The van der Waals surface area contributed by atoms with Crippen LogP contribution in [0.2, 0.25) is 5.02 Å². The first-order valence-corrected chi connectivity index (χ1v) is 10.0. The Hall–Kier alpha value is -1.95. The Morgan fingerprint density at radius 1 is 1.19 bits per heavy atom. The molecule has 0 aliphatic carbocycles. The summed E-state index contributed by atoms with van der Waals surface area (Å²) in [5.41, 5.74) is 1.87. The molecule has 1 aromatic carbocycles. The van der Waals surface area contributed by atoms with Gasteiger partial charge in [-0.3, -0.25) is 4.79 Å². The first-order valence-electron chi connectivity index (χ1n) is 8.85. The van der Waals surface area contributed by atoms with Crippen LogP contribution in [0.3, 0.4) is 0 Å². The number of fused-ring (bicyclic) bond motifs is 4. The van der Waals surface area contributed by atoms with Gasteiger partial charge in [-0.05, 0) is 43.4 Å². The van der Waals surface area contributed by atoms with Crippen LogP contribution in [-0.4, -0.2) is 34.1 Å². The van der Waals surface area contributed by atoms with Crippen LogP contribution in [0.5, 0.6) is 0 Å². The lowest BCUT2D eigenvalue weighted by atomic mass is 10.2. The smallest absolute Gasteiger partial charge is 0.213 e. The summed E-state index contributed by atoms with van der Waals surface area (Å²) in [7, 11) is 0. The maximum Gasteiger partial charge on any atom is 0.213 e. The van der Waals surface area contributed by atoms with Gasteiger partial charge in [-0.15, -0.1) is 11.3 Å². The van der Waals surface area contributed by atoms with Gasteiger partial charge in [0.15, 0.2) is 0 Å². The first kappa shape index (κ1) is 17.5. The quantitative estimate of drug-likeness (QED) is 0.497. The molecule has 6 heteroatoms. The summed E-state index contributed by atoms with van der Waals surface area (Å²) in [5, 5.41) is 2.39. The van der Waals surface area contributed by atoms with Crippen LogP contribution in [0, 0.1) is 0 Å². The van der Waals surface area contributed by atoms with E-state index < -0.39 is 0 Å². The Labute approximate surface area is 160 Å². The zero-order valence-electron chi connectivity index (χ0n) is 14.8. The fourth-order valence-corrected chi connectivity index (χ4v) is 4.83. The third-order valence-corrected chi connectivity index (χ3v) is 6.31. The highest BCUT2D eigenvalue weighted by Crippen LogP contribution is 2.34. The van der Waals surface area contributed by atoms with E-state index in [1.807, 2.05) is 30.3 Å². The van der Waals surface area contributed by atoms with Gasteiger partial charge in [0.25, 0.3) is 0 Å². The summed E-state index contributed by atoms with van der Waals surface area (Å²) < 4.78 is 3.13. The van der Waals surface area contributed by atoms with Gasteiger partial charge in [0.1, 0.15) is 10.3 Å². The molecule has 4 nitrogen and oxygen atoms in total. The van der Waals surface area contributed by atoms with Crippen molar-refractivity contribution >= 4 is 54.3 Å². The molecule has 134 valence electrons. The van der Waals surface area contributed by atoms with Gasteiger partial charge < -0.3 is 9.47 Å². The molecule has 0 amide bonds. The zero-order chi connectivity index (χ0) is 18.3. The van der Waals surface area contributed by atoms with Crippen molar-refractivity contribution in [2.45, 2.75) is 20.4 Å². The molecule has 3 heterocycles. The largest absolute Gasteiger partial charge is 0.335 e. The van der Waals surface area contributed by atoms with E-state index in [2.05, 4.69) is 28.3 Å². The predicted octanol–water partition coefficient (Wildman–Crippen LogP) is 4.76. The molecule has 0 saturated carbocycles. The summed E-state index contributed by atoms with van der Waals surface area (Å²) in [4.78, 5) is 20.8. The Bertz CT molecular complexity index is 1160. The molecule has 0 spiro atoms. The van der Waals surface area contributed by atoms with Gasteiger partial charge in [0.05, 0.1) is 15.6 Å². The standard InChI is InChI=1S/C20H20ClN3OS/c1-3-23(4-2)10-11-24-16-8-7-13(21)12-15(16)19-17(24)18(25)14-6-5-9-22-20(14)26-19/h5-9,12H,3-4,10-11H2,1-2H3. The summed E-state index contributed by atoms with van der Waals surface area (Å²) in [6.45, 7) is 8.00. The monoisotopic (exact) mass is 385 g/mol. The van der Waals surface area contributed by atoms with Crippen molar-refractivity contribution in [1.29, 1.82) is 0 Å². The highest BCUT2D eigenvalue weighted by molar-refractivity contribution is 7.25. The molecule has 0 atom stereocenters. The van der Waals surface area contributed by atoms with Crippen molar-refractivity contribution in [3.05, 3.63) is 51.8 Å². The molecule has 3 aromatic heterocycles. The Kier molecular flexibility index (Phi) is 4.69. The molecular formula is C20H20ClN3OS. The van der Waals surface area contributed by atoms with E-state index in [0.717, 1.165) is 52.1 Å². The first-order chi connectivity index (χ1) is 12.6. The van der Waals surface area contributed by atoms with E-state index >= 15 is 0 Å². The van der Waals surface area contributed by atoms with E-state index in [-0.39, 0.29) is 5.43 Å². The Morgan fingerprint density at radius 2 is 2.00 bits per heavy atom. The minimum absolute atomic E-state index is 0.0497. The number of aromatic nitrogens is 2. The molecule has 4 rings (SSSR count). The van der Waals surface area contributed by atoms with Crippen LogP contribution in [0.15, 0.2) is 41.3 Å². The van der Waals surface area contributed by atoms with E-state index in [1.165, 1.54) is 0 Å².